The van der Waals surface area contributed by atoms with Crippen molar-refractivity contribution in [2.24, 2.45) is 0 Å². The maximum absolute atomic E-state index is 10.8. The average molecular weight is 208 g/mol. The third kappa shape index (κ3) is 5.37. The third-order valence-electron chi connectivity index (χ3n) is 1.02. The van der Waals surface area contributed by atoms with E-state index in [9.17, 15) is 13.2 Å². The first-order valence-electron chi connectivity index (χ1n) is 3.67. The van der Waals surface area contributed by atoms with Crippen molar-refractivity contribution >= 4 is 16.1 Å². The van der Waals surface area contributed by atoms with Gasteiger partial charge in [0.2, 0.25) is 0 Å². The van der Waals surface area contributed by atoms with E-state index in [1.165, 1.54) is 6.92 Å². The Hall–Kier alpha value is -0.880. The molecule has 5 nitrogen and oxygen atoms in total. The molecule has 13 heavy (non-hydrogen) atoms. The Kier molecular flexibility index (Phi) is 4.64. The van der Waals surface area contributed by atoms with E-state index in [2.05, 4.69) is 15.8 Å². The second-order valence-electron chi connectivity index (χ2n) is 2.48. The molecule has 0 N–H and O–H groups in total. The molecule has 0 radical (unpaired) electrons. The van der Waals surface area contributed by atoms with Gasteiger partial charge < -0.3 is 0 Å². The van der Waals surface area contributed by atoms with E-state index >= 15 is 0 Å². The molecule has 0 amide bonds. The molecule has 0 aromatic rings. The average Bonchev–Trinajstić information content (AvgIpc) is 2.00. The molecule has 0 saturated carbocycles. The normalized spacial score (nSPS) is 10.9. The minimum atomic E-state index is -3.74. The minimum absolute atomic E-state index is 0.0756. The fraction of sp³-hybridized carbons (Fsp3) is 0.571. The zero-order valence-electron chi connectivity index (χ0n) is 7.57. The van der Waals surface area contributed by atoms with Crippen molar-refractivity contribution in [3.63, 3.8) is 0 Å². The first kappa shape index (κ1) is 12.1. The van der Waals surface area contributed by atoms with E-state index in [4.69, 9.17) is 0 Å². The van der Waals surface area contributed by atoms with Crippen LogP contribution in [-0.4, -0.2) is 20.1 Å². The van der Waals surface area contributed by atoms with Gasteiger partial charge in [0.05, 0.1) is 5.75 Å². The molecule has 0 bridgehead atoms. The van der Waals surface area contributed by atoms with Gasteiger partial charge in [-0.25, -0.2) is 4.79 Å². The van der Waals surface area contributed by atoms with Gasteiger partial charge in [0.15, 0.2) is 0 Å². The van der Waals surface area contributed by atoms with Gasteiger partial charge >= 0.3 is 16.1 Å². The molecule has 76 valence electrons. The summed E-state index contributed by atoms with van der Waals surface area (Å²) >= 11 is 0. The summed E-state index contributed by atoms with van der Waals surface area (Å²) in [6.45, 7) is 6.31. The van der Waals surface area contributed by atoms with Crippen LogP contribution in [0.3, 0.4) is 0 Å². The Morgan fingerprint density at radius 3 is 2.38 bits per heavy atom. The molecule has 0 aliphatic carbocycles. The highest BCUT2D eigenvalue weighted by Crippen LogP contribution is 2.00. The van der Waals surface area contributed by atoms with Gasteiger partial charge in [-0.3, -0.25) is 4.89 Å². The molecule has 0 saturated heterocycles. The van der Waals surface area contributed by atoms with Crippen LogP contribution in [-0.2, 0) is 24.1 Å². The lowest BCUT2D eigenvalue weighted by atomic mass is 10.4. The Bertz CT molecular complexity index is 290. The highest BCUT2D eigenvalue weighted by Gasteiger charge is 2.14. The van der Waals surface area contributed by atoms with Gasteiger partial charge in [-0.15, -0.1) is 0 Å². The minimum Gasteiger partial charge on any atom is -0.276 e. The van der Waals surface area contributed by atoms with Crippen LogP contribution in [0.2, 0.25) is 0 Å². The Balaban J connectivity index is 4.03. The van der Waals surface area contributed by atoms with Crippen molar-refractivity contribution in [1.29, 1.82) is 0 Å². The first-order chi connectivity index (χ1) is 5.89. The summed E-state index contributed by atoms with van der Waals surface area (Å²) in [4.78, 5) is 14.7. The standard InChI is InChI=1S/C7H12O5S/c1-4-5-13(9,10)12-11-7(8)6(2)3/h2,4-5H2,1,3H3. The van der Waals surface area contributed by atoms with Crippen molar-refractivity contribution in [2.75, 3.05) is 5.75 Å². The smallest absolute Gasteiger partial charge is 0.276 e. The molecule has 0 rings (SSSR count). The molecule has 0 spiro atoms. The summed E-state index contributed by atoms with van der Waals surface area (Å²) in [6.07, 6.45) is 0.396. The lowest BCUT2D eigenvalue weighted by Crippen LogP contribution is -2.14. The highest BCUT2D eigenvalue weighted by molar-refractivity contribution is 7.86. The van der Waals surface area contributed by atoms with Crippen LogP contribution in [0.15, 0.2) is 12.2 Å². The molecule has 0 unspecified atom stereocenters. The molecule has 0 fully saturated rings. The molecule has 6 heteroatoms. The van der Waals surface area contributed by atoms with Crippen LogP contribution in [0, 0.1) is 0 Å². The van der Waals surface area contributed by atoms with Crippen LogP contribution in [0.1, 0.15) is 20.3 Å². The predicted molar refractivity (Wildman–Crippen MR) is 46.1 cm³/mol. The Labute approximate surface area is 77.4 Å². The molecule has 0 atom stereocenters. The second kappa shape index (κ2) is 4.98. The SMILES string of the molecule is C=C(C)C(=O)OOS(=O)(=O)CCC. The monoisotopic (exact) mass is 208 g/mol. The van der Waals surface area contributed by atoms with Gasteiger partial charge in [0.1, 0.15) is 0 Å². The van der Waals surface area contributed by atoms with E-state index in [0.29, 0.717) is 6.42 Å². The lowest BCUT2D eigenvalue weighted by Gasteiger charge is -2.01. The first-order valence-corrected chi connectivity index (χ1v) is 5.25. The number of carbonyl (C=O) groups is 1. The van der Waals surface area contributed by atoms with Crippen molar-refractivity contribution in [3.8, 4) is 0 Å². The van der Waals surface area contributed by atoms with Crippen LogP contribution in [0.25, 0.3) is 0 Å². The summed E-state index contributed by atoms with van der Waals surface area (Å²) in [6, 6.07) is 0. The summed E-state index contributed by atoms with van der Waals surface area (Å²) < 4.78 is 25.6. The quantitative estimate of drug-likeness (QED) is 0.379. The molecule has 0 heterocycles. The van der Waals surface area contributed by atoms with Crippen molar-refractivity contribution in [2.45, 2.75) is 20.3 Å². The number of carbonyl (C=O) groups excluding carboxylic acids is 1. The van der Waals surface area contributed by atoms with E-state index < -0.39 is 16.1 Å². The molecule has 0 aromatic heterocycles. The van der Waals surface area contributed by atoms with E-state index in [0.717, 1.165) is 0 Å². The number of hydrogen-bond acceptors (Lipinski definition) is 5. The van der Waals surface area contributed by atoms with Crippen LogP contribution in [0.4, 0.5) is 0 Å². The number of hydrogen-bond donors (Lipinski definition) is 0. The molecular formula is C7H12O5S. The van der Waals surface area contributed by atoms with Crippen LogP contribution < -0.4 is 0 Å². The topological polar surface area (TPSA) is 69.7 Å². The van der Waals surface area contributed by atoms with Gasteiger partial charge in [0, 0.05) is 5.57 Å². The van der Waals surface area contributed by atoms with Gasteiger partial charge in [-0.2, -0.15) is 8.42 Å². The number of rotatable bonds is 5. The largest absolute Gasteiger partial charge is 0.369 e. The molecule has 0 aliphatic heterocycles. The van der Waals surface area contributed by atoms with E-state index in [1.807, 2.05) is 0 Å². The van der Waals surface area contributed by atoms with Crippen LogP contribution >= 0.6 is 0 Å². The fourth-order valence-electron chi connectivity index (χ4n) is 0.438. The van der Waals surface area contributed by atoms with Gasteiger partial charge in [-0.1, -0.05) is 17.8 Å². The van der Waals surface area contributed by atoms with E-state index in [-0.39, 0.29) is 11.3 Å². The van der Waals surface area contributed by atoms with Gasteiger partial charge in [-0.05, 0) is 13.3 Å². The zero-order valence-corrected chi connectivity index (χ0v) is 8.39. The lowest BCUT2D eigenvalue weighted by molar-refractivity contribution is -0.205. The predicted octanol–water partition coefficient (Wildman–Crippen LogP) is 0.777. The summed E-state index contributed by atoms with van der Waals surface area (Å²) in [5.41, 5.74) is 0.0756. The van der Waals surface area contributed by atoms with Gasteiger partial charge in [0.25, 0.3) is 0 Å². The summed E-state index contributed by atoms with van der Waals surface area (Å²) in [5, 5.41) is 0. The molecule has 0 aromatic carbocycles. The fourth-order valence-corrected chi connectivity index (χ4v) is 1.17. The van der Waals surface area contributed by atoms with Crippen molar-refractivity contribution in [1.82, 2.24) is 0 Å². The third-order valence-corrected chi connectivity index (χ3v) is 2.20. The highest BCUT2D eigenvalue weighted by atomic mass is 32.2. The zero-order chi connectivity index (χ0) is 10.5. The second-order valence-corrected chi connectivity index (χ2v) is 4.14. The maximum atomic E-state index is 10.8. The van der Waals surface area contributed by atoms with Crippen molar-refractivity contribution in [3.05, 3.63) is 12.2 Å². The summed E-state index contributed by atoms with van der Waals surface area (Å²) in [7, 11) is -3.74. The maximum Gasteiger partial charge on any atom is 0.369 e. The Morgan fingerprint density at radius 1 is 1.46 bits per heavy atom. The Morgan fingerprint density at radius 2 is 2.00 bits per heavy atom. The van der Waals surface area contributed by atoms with Crippen LogP contribution in [0.5, 0.6) is 0 Å². The van der Waals surface area contributed by atoms with Crippen molar-refractivity contribution < 1.29 is 22.4 Å². The molecular weight excluding hydrogens is 196 g/mol. The van der Waals surface area contributed by atoms with E-state index in [1.54, 1.807) is 6.92 Å². The summed E-state index contributed by atoms with van der Waals surface area (Å²) in [5.74, 6) is -1.07. The molecule has 0 aliphatic rings.